The van der Waals surface area contributed by atoms with E-state index in [1.54, 1.807) is 18.2 Å². The van der Waals surface area contributed by atoms with Crippen molar-refractivity contribution in [1.82, 2.24) is 10.3 Å². The molecule has 0 bridgehead atoms. The Hall–Kier alpha value is -2.95. The first-order valence-corrected chi connectivity index (χ1v) is 7.13. The maximum atomic E-state index is 12.2. The second-order valence-electron chi connectivity index (χ2n) is 5.21. The second-order valence-corrected chi connectivity index (χ2v) is 5.21. The van der Waals surface area contributed by atoms with Crippen molar-refractivity contribution in [2.24, 2.45) is 0 Å². The van der Waals surface area contributed by atoms with E-state index in [4.69, 9.17) is 11.5 Å². The van der Waals surface area contributed by atoms with Gasteiger partial charge in [0.15, 0.2) is 0 Å². The molecule has 0 spiro atoms. The van der Waals surface area contributed by atoms with Crippen molar-refractivity contribution >= 4 is 28.2 Å². The summed E-state index contributed by atoms with van der Waals surface area (Å²) in [6.07, 6.45) is 2.73. The quantitative estimate of drug-likeness (QED) is 0.556. The molecule has 1 aromatic heterocycles. The van der Waals surface area contributed by atoms with E-state index in [2.05, 4.69) is 16.4 Å². The minimum atomic E-state index is -0.204. The Morgan fingerprint density at radius 1 is 1.14 bits per heavy atom. The molecule has 0 aliphatic heterocycles. The molecule has 5 nitrogen and oxygen atoms in total. The van der Waals surface area contributed by atoms with Gasteiger partial charge in [-0.1, -0.05) is 18.2 Å². The van der Waals surface area contributed by atoms with Crippen molar-refractivity contribution in [3.8, 4) is 0 Å². The van der Waals surface area contributed by atoms with Crippen molar-refractivity contribution in [3.63, 3.8) is 0 Å². The Kier molecular flexibility index (Phi) is 3.70. The minimum absolute atomic E-state index is 0.204. The van der Waals surface area contributed by atoms with Crippen LogP contribution in [0.3, 0.4) is 0 Å². The molecule has 3 rings (SSSR count). The molecule has 2 aromatic carbocycles. The first-order valence-electron chi connectivity index (χ1n) is 7.13. The SMILES string of the molecule is Nc1ccc(N)c(C(=O)NCCc2c[nH]c3ccccc23)c1. The molecule has 0 atom stereocenters. The Morgan fingerprint density at radius 2 is 1.95 bits per heavy atom. The largest absolute Gasteiger partial charge is 0.399 e. The third-order valence-electron chi connectivity index (χ3n) is 3.68. The van der Waals surface area contributed by atoms with Gasteiger partial charge in [0.2, 0.25) is 0 Å². The second kappa shape index (κ2) is 5.81. The molecule has 6 N–H and O–H groups in total. The lowest BCUT2D eigenvalue weighted by molar-refractivity contribution is 0.0955. The summed E-state index contributed by atoms with van der Waals surface area (Å²) in [5, 5.41) is 4.06. The fourth-order valence-corrected chi connectivity index (χ4v) is 2.51. The molecule has 0 saturated carbocycles. The average Bonchev–Trinajstić information content (AvgIpc) is 2.93. The van der Waals surface area contributed by atoms with Gasteiger partial charge < -0.3 is 21.8 Å². The van der Waals surface area contributed by atoms with Crippen LogP contribution in [0.2, 0.25) is 0 Å². The van der Waals surface area contributed by atoms with E-state index >= 15 is 0 Å². The highest BCUT2D eigenvalue weighted by molar-refractivity contribution is 6.00. The van der Waals surface area contributed by atoms with Crippen molar-refractivity contribution in [2.75, 3.05) is 18.0 Å². The molecule has 5 heteroatoms. The van der Waals surface area contributed by atoms with Gasteiger partial charge in [0, 0.05) is 35.0 Å². The van der Waals surface area contributed by atoms with Gasteiger partial charge in [0.05, 0.1) is 5.56 Å². The number of carbonyl (C=O) groups is 1. The summed E-state index contributed by atoms with van der Waals surface area (Å²) in [5.41, 5.74) is 15.2. The van der Waals surface area contributed by atoms with Crippen LogP contribution < -0.4 is 16.8 Å². The van der Waals surface area contributed by atoms with Crippen LogP contribution in [0.5, 0.6) is 0 Å². The van der Waals surface area contributed by atoms with Crippen LogP contribution in [-0.2, 0) is 6.42 Å². The lowest BCUT2D eigenvalue weighted by Crippen LogP contribution is -2.26. The zero-order valence-electron chi connectivity index (χ0n) is 12.1. The summed E-state index contributed by atoms with van der Waals surface area (Å²) in [7, 11) is 0. The van der Waals surface area contributed by atoms with Gasteiger partial charge in [-0.3, -0.25) is 4.79 Å². The number of rotatable bonds is 4. The van der Waals surface area contributed by atoms with E-state index in [1.165, 1.54) is 10.9 Å². The summed E-state index contributed by atoms with van der Waals surface area (Å²) in [5.74, 6) is -0.204. The van der Waals surface area contributed by atoms with Crippen LogP contribution in [-0.4, -0.2) is 17.4 Å². The van der Waals surface area contributed by atoms with E-state index in [9.17, 15) is 4.79 Å². The number of H-pyrrole nitrogens is 1. The molecule has 0 saturated heterocycles. The van der Waals surface area contributed by atoms with Crippen molar-refractivity contribution in [2.45, 2.75) is 6.42 Å². The normalized spacial score (nSPS) is 10.7. The number of benzene rings is 2. The number of aromatic nitrogens is 1. The number of carbonyl (C=O) groups excluding carboxylic acids is 1. The topological polar surface area (TPSA) is 96.9 Å². The lowest BCUT2D eigenvalue weighted by Gasteiger charge is -2.08. The summed E-state index contributed by atoms with van der Waals surface area (Å²) in [4.78, 5) is 15.4. The monoisotopic (exact) mass is 294 g/mol. The zero-order valence-corrected chi connectivity index (χ0v) is 12.1. The number of fused-ring (bicyclic) bond motifs is 1. The van der Waals surface area contributed by atoms with Gasteiger partial charge in [-0.2, -0.15) is 0 Å². The first kappa shape index (κ1) is 14.0. The van der Waals surface area contributed by atoms with E-state index in [1.807, 2.05) is 24.4 Å². The number of nitrogens with one attached hydrogen (secondary N) is 2. The average molecular weight is 294 g/mol. The van der Waals surface area contributed by atoms with E-state index < -0.39 is 0 Å². The maximum Gasteiger partial charge on any atom is 0.253 e. The lowest BCUT2D eigenvalue weighted by atomic mass is 10.1. The molecule has 0 unspecified atom stereocenters. The fraction of sp³-hybridized carbons (Fsp3) is 0.118. The number of hydrogen-bond acceptors (Lipinski definition) is 3. The van der Waals surface area contributed by atoms with Gasteiger partial charge >= 0.3 is 0 Å². The van der Waals surface area contributed by atoms with Crippen LogP contribution in [0.15, 0.2) is 48.7 Å². The standard InChI is InChI=1S/C17H18N4O/c18-12-5-6-15(19)14(9-12)17(22)20-8-7-11-10-21-16-4-2-1-3-13(11)16/h1-6,9-10,21H,7-8,18-19H2,(H,20,22). The molecule has 112 valence electrons. The summed E-state index contributed by atoms with van der Waals surface area (Å²) in [6.45, 7) is 0.537. The van der Waals surface area contributed by atoms with Gasteiger partial charge in [0.1, 0.15) is 0 Å². The van der Waals surface area contributed by atoms with E-state index in [0.717, 1.165) is 11.9 Å². The van der Waals surface area contributed by atoms with Crippen molar-refractivity contribution in [3.05, 3.63) is 59.8 Å². The summed E-state index contributed by atoms with van der Waals surface area (Å²) in [6, 6.07) is 13.0. The van der Waals surface area contributed by atoms with Crippen LogP contribution in [0.1, 0.15) is 15.9 Å². The van der Waals surface area contributed by atoms with Gasteiger partial charge in [0.25, 0.3) is 5.91 Å². The predicted octanol–water partition coefficient (Wildman–Crippen LogP) is 2.30. The van der Waals surface area contributed by atoms with Crippen LogP contribution in [0.4, 0.5) is 11.4 Å². The number of nitrogens with two attached hydrogens (primary N) is 2. The zero-order chi connectivity index (χ0) is 15.5. The third kappa shape index (κ3) is 2.74. The number of para-hydroxylation sites is 1. The highest BCUT2D eigenvalue weighted by Gasteiger charge is 2.10. The molecular formula is C17H18N4O. The molecule has 1 heterocycles. The summed E-state index contributed by atoms with van der Waals surface area (Å²) >= 11 is 0. The minimum Gasteiger partial charge on any atom is -0.399 e. The van der Waals surface area contributed by atoms with Gasteiger partial charge in [-0.25, -0.2) is 0 Å². The molecule has 3 aromatic rings. The van der Waals surface area contributed by atoms with Gasteiger partial charge in [-0.05, 0) is 36.2 Å². The molecular weight excluding hydrogens is 276 g/mol. The maximum absolute atomic E-state index is 12.2. The number of hydrogen-bond donors (Lipinski definition) is 4. The van der Waals surface area contributed by atoms with E-state index in [0.29, 0.717) is 23.5 Å². The highest BCUT2D eigenvalue weighted by atomic mass is 16.1. The number of aromatic amines is 1. The van der Waals surface area contributed by atoms with Crippen molar-refractivity contribution < 1.29 is 4.79 Å². The van der Waals surface area contributed by atoms with Crippen LogP contribution in [0.25, 0.3) is 10.9 Å². The molecule has 0 aliphatic carbocycles. The molecule has 0 aliphatic rings. The number of anilines is 2. The molecule has 22 heavy (non-hydrogen) atoms. The number of amides is 1. The third-order valence-corrected chi connectivity index (χ3v) is 3.68. The summed E-state index contributed by atoms with van der Waals surface area (Å²) < 4.78 is 0. The van der Waals surface area contributed by atoms with Gasteiger partial charge in [-0.15, -0.1) is 0 Å². The Morgan fingerprint density at radius 3 is 2.82 bits per heavy atom. The first-order chi connectivity index (χ1) is 10.6. The smallest absolute Gasteiger partial charge is 0.253 e. The molecule has 1 amide bonds. The van der Waals surface area contributed by atoms with E-state index in [-0.39, 0.29) is 5.91 Å². The highest BCUT2D eigenvalue weighted by Crippen LogP contribution is 2.18. The molecule has 0 radical (unpaired) electrons. The predicted molar refractivity (Wildman–Crippen MR) is 89.6 cm³/mol. The van der Waals surface area contributed by atoms with Crippen LogP contribution in [0, 0.1) is 0 Å². The van der Waals surface area contributed by atoms with Crippen molar-refractivity contribution in [1.29, 1.82) is 0 Å². The van der Waals surface area contributed by atoms with Crippen LogP contribution >= 0.6 is 0 Å². The Bertz CT molecular complexity index is 822. The molecule has 0 fully saturated rings. The number of nitrogen functional groups attached to an aromatic ring is 2. The fourth-order valence-electron chi connectivity index (χ4n) is 2.51. The Labute approximate surface area is 128 Å². The Balaban J connectivity index is 1.65.